The van der Waals surface area contributed by atoms with Gasteiger partial charge in [0.25, 0.3) is 0 Å². The van der Waals surface area contributed by atoms with Gasteiger partial charge in [-0.2, -0.15) is 11.8 Å². The molecule has 15 heavy (non-hydrogen) atoms. The zero-order valence-electron chi connectivity index (χ0n) is 8.44. The minimum Gasteiger partial charge on any atom is -0.478 e. The van der Waals surface area contributed by atoms with Crippen molar-refractivity contribution in [3.05, 3.63) is 12.2 Å². The lowest BCUT2D eigenvalue weighted by Gasteiger charge is -2.20. The van der Waals surface area contributed by atoms with Crippen LogP contribution in [0.1, 0.15) is 12.8 Å². The lowest BCUT2D eigenvalue weighted by Crippen LogP contribution is -2.29. The van der Waals surface area contributed by atoms with Gasteiger partial charge in [-0.15, -0.1) is 0 Å². The van der Waals surface area contributed by atoms with Crippen molar-refractivity contribution in [1.82, 2.24) is 5.32 Å². The van der Waals surface area contributed by atoms with Gasteiger partial charge in [0.05, 0.1) is 0 Å². The fourth-order valence-corrected chi connectivity index (χ4v) is 2.61. The molecular weight excluding hydrogens is 214 g/mol. The molecule has 1 heterocycles. The maximum atomic E-state index is 11.1. The maximum Gasteiger partial charge on any atom is 0.328 e. The molecule has 0 aromatic rings. The summed E-state index contributed by atoms with van der Waals surface area (Å²) in [7, 11) is 0. The molecule has 1 rings (SSSR count). The number of hydrogen-bond donors (Lipinski definition) is 2. The Kier molecular flexibility index (Phi) is 5.25. The SMILES string of the molecule is O=C(O)/C=C/C(=O)NCC1CCSCC1. The van der Waals surface area contributed by atoms with E-state index in [9.17, 15) is 9.59 Å². The average molecular weight is 229 g/mol. The van der Waals surface area contributed by atoms with Crippen LogP contribution in [0.4, 0.5) is 0 Å². The molecule has 0 bridgehead atoms. The van der Waals surface area contributed by atoms with E-state index in [0.29, 0.717) is 12.5 Å². The van der Waals surface area contributed by atoms with E-state index >= 15 is 0 Å². The number of nitrogens with one attached hydrogen (secondary N) is 1. The lowest BCUT2D eigenvalue weighted by molar-refractivity contribution is -0.131. The Morgan fingerprint density at radius 2 is 2.00 bits per heavy atom. The summed E-state index contributed by atoms with van der Waals surface area (Å²) in [5.41, 5.74) is 0. The molecule has 1 aliphatic heterocycles. The van der Waals surface area contributed by atoms with Gasteiger partial charge >= 0.3 is 5.97 Å². The zero-order valence-corrected chi connectivity index (χ0v) is 9.26. The molecule has 0 aromatic heterocycles. The van der Waals surface area contributed by atoms with Crippen molar-refractivity contribution >= 4 is 23.6 Å². The first-order valence-corrected chi connectivity index (χ1v) is 6.10. The molecule has 0 radical (unpaired) electrons. The monoisotopic (exact) mass is 229 g/mol. The number of carbonyl (C=O) groups excluding carboxylic acids is 1. The van der Waals surface area contributed by atoms with Crippen LogP contribution in [0.15, 0.2) is 12.2 Å². The van der Waals surface area contributed by atoms with Crippen molar-refractivity contribution in [2.45, 2.75) is 12.8 Å². The molecule has 0 aromatic carbocycles. The Bertz CT molecular complexity index is 259. The maximum absolute atomic E-state index is 11.1. The van der Waals surface area contributed by atoms with E-state index in [-0.39, 0.29) is 5.91 Å². The van der Waals surface area contributed by atoms with E-state index < -0.39 is 5.97 Å². The van der Waals surface area contributed by atoms with E-state index in [4.69, 9.17) is 5.11 Å². The number of hydrogen-bond acceptors (Lipinski definition) is 3. The van der Waals surface area contributed by atoms with E-state index in [1.807, 2.05) is 11.8 Å². The summed E-state index contributed by atoms with van der Waals surface area (Å²) in [5, 5.41) is 11.0. The quantitative estimate of drug-likeness (QED) is 0.702. The Morgan fingerprint density at radius 1 is 1.33 bits per heavy atom. The summed E-state index contributed by atoms with van der Waals surface area (Å²) in [5.74, 6) is 1.44. The minimum atomic E-state index is -1.10. The molecule has 1 aliphatic rings. The van der Waals surface area contributed by atoms with Crippen LogP contribution in [0.3, 0.4) is 0 Å². The Balaban J connectivity index is 2.18. The highest BCUT2D eigenvalue weighted by atomic mass is 32.2. The Hall–Kier alpha value is -0.970. The van der Waals surface area contributed by atoms with Gasteiger partial charge in [-0.25, -0.2) is 4.79 Å². The highest BCUT2D eigenvalue weighted by Crippen LogP contribution is 2.21. The fraction of sp³-hybridized carbons (Fsp3) is 0.600. The molecule has 84 valence electrons. The van der Waals surface area contributed by atoms with Crippen molar-refractivity contribution in [3.63, 3.8) is 0 Å². The first-order chi connectivity index (χ1) is 7.18. The van der Waals surface area contributed by atoms with Gasteiger partial charge in [-0.05, 0) is 30.3 Å². The van der Waals surface area contributed by atoms with Crippen molar-refractivity contribution < 1.29 is 14.7 Å². The molecular formula is C10H15NO3S. The number of aliphatic carboxylic acids is 1. The average Bonchev–Trinajstić information content (AvgIpc) is 2.25. The molecule has 0 saturated carbocycles. The number of amides is 1. The van der Waals surface area contributed by atoms with Crippen LogP contribution >= 0.6 is 11.8 Å². The minimum absolute atomic E-state index is 0.323. The highest BCUT2D eigenvalue weighted by molar-refractivity contribution is 7.99. The van der Waals surface area contributed by atoms with Crippen LogP contribution in [-0.4, -0.2) is 35.0 Å². The van der Waals surface area contributed by atoms with Gasteiger partial charge < -0.3 is 10.4 Å². The van der Waals surface area contributed by atoms with E-state index in [1.54, 1.807) is 0 Å². The predicted molar refractivity (Wildman–Crippen MR) is 59.8 cm³/mol. The van der Waals surface area contributed by atoms with Gasteiger partial charge in [0.15, 0.2) is 0 Å². The number of thioether (sulfide) groups is 1. The largest absolute Gasteiger partial charge is 0.478 e. The first-order valence-electron chi connectivity index (χ1n) is 4.95. The Morgan fingerprint density at radius 3 is 2.60 bits per heavy atom. The molecule has 0 spiro atoms. The zero-order chi connectivity index (χ0) is 11.1. The molecule has 5 heteroatoms. The predicted octanol–water partition coefficient (Wildman–Crippen LogP) is 0.887. The fourth-order valence-electron chi connectivity index (χ4n) is 1.40. The van der Waals surface area contributed by atoms with Crippen LogP contribution in [0.5, 0.6) is 0 Å². The third-order valence-electron chi connectivity index (χ3n) is 2.28. The molecule has 4 nitrogen and oxygen atoms in total. The van der Waals surface area contributed by atoms with Crippen LogP contribution in [-0.2, 0) is 9.59 Å². The molecule has 0 aliphatic carbocycles. The first kappa shape index (κ1) is 12.1. The van der Waals surface area contributed by atoms with Crippen LogP contribution in [0.25, 0.3) is 0 Å². The summed E-state index contributed by atoms with van der Waals surface area (Å²) in [4.78, 5) is 21.3. The third-order valence-corrected chi connectivity index (χ3v) is 3.33. The molecule has 1 fully saturated rings. The van der Waals surface area contributed by atoms with Gasteiger partial charge in [-0.3, -0.25) is 4.79 Å². The van der Waals surface area contributed by atoms with Crippen molar-refractivity contribution in [2.75, 3.05) is 18.1 Å². The molecule has 1 amide bonds. The summed E-state index contributed by atoms with van der Waals surface area (Å²) in [6.45, 7) is 0.656. The summed E-state index contributed by atoms with van der Waals surface area (Å²) in [6, 6.07) is 0. The normalized spacial score (nSPS) is 17.9. The lowest BCUT2D eigenvalue weighted by atomic mass is 10.0. The van der Waals surface area contributed by atoms with E-state index in [1.165, 1.54) is 0 Å². The third kappa shape index (κ3) is 5.47. The Labute approximate surface area is 93.1 Å². The van der Waals surface area contributed by atoms with Crippen molar-refractivity contribution in [3.8, 4) is 0 Å². The van der Waals surface area contributed by atoms with Gasteiger partial charge in [0, 0.05) is 18.7 Å². The van der Waals surface area contributed by atoms with Gasteiger partial charge in [0.1, 0.15) is 0 Å². The van der Waals surface area contributed by atoms with Crippen molar-refractivity contribution in [2.24, 2.45) is 5.92 Å². The van der Waals surface area contributed by atoms with Crippen LogP contribution in [0.2, 0.25) is 0 Å². The van der Waals surface area contributed by atoms with E-state index in [0.717, 1.165) is 36.5 Å². The standard InChI is InChI=1S/C10H15NO3S/c12-9(1-2-10(13)14)11-7-8-3-5-15-6-4-8/h1-2,8H,3-7H2,(H,11,12)(H,13,14)/b2-1+. The number of carbonyl (C=O) groups is 2. The second kappa shape index (κ2) is 6.50. The van der Waals surface area contributed by atoms with Gasteiger partial charge in [-0.1, -0.05) is 0 Å². The van der Waals surface area contributed by atoms with E-state index in [2.05, 4.69) is 5.32 Å². The summed E-state index contributed by atoms with van der Waals surface area (Å²) in [6.07, 6.45) is 4.17. The number of carboxylic acid groups (broad SMARTS) is 1. The smallest absolute Gasteiger partial charge is 0.328 e. The van der Waals surface area contributed by atoms with Crippen LogP contribution in [0, 0.1) is 5.92 Å². The van der Waals surface area contributed by atoms with Crippen LogP contribution < -0.4 is 5.32 Å². The van der Waals surface area contributed by atoms with Gasteiger partial charge in [0.2, 0.25) is 5.91 Å². The molecule has 1 saturated heterocycles. The molecule has 0 atom stereocenters. The highest BCUT2D eigenvalue weighted by Gasteiger charge is 2.13. The number of carboxylic acids is 1. The molecule has 2 N–H and O–H groups in total. The summed E-state index contributed by atoms with van der Waals surface area (Å²) < 4.78 is 0. The number of rotatable bonds is 4. The topological polar surface area (TPSA) is 66.4 Å². The second-order valence-corrected chi connectivity index (χ2v) is 4.70. The second-order valence-electron chi connectivity index (χ2n) is 3.47. The van der Waals surface area contributed by atoms with Crippen molar-refractivity contribution in [1.29, 1.82) is 0 Å². The summed E-state index contributed by atoms with van der Waals surface area (Å²) >= 11 is 1.94. The molecule has 0 unspecified atom stereocenters.